The highest BCUT2D eigenvalue weighted by Gasteiger charge is 2.25. The number of nitrogens with one attached hydrogen (secondary N) is 1. The van der Waals surface area contributed by atoms with Gasteiger partial charge in [0.2, 0.25) is 5.13 Å². The molecule has 2 aliphatic rings. The molecule has 0 saturated carbocycles. The Labute approximate surface area is 153 Å². The van der Waals surface area contributed by atoms with Gasteiger partial charge in [0.1, 0.15) is 5.82 Å². The van der Waals surface area contributed by atoms with E-state index >= 15 is 0 Å². The van der Waals surface area contributed by atoms with Gasteiger partial charge < -0.3 is 15.0 Å². The third-order valence-electron chi connectivity index (χ3n) is 5.05. The molecule has 0 amide bonds. The van der Waals surface area contributed by atoms with Gasteiger partial charge in [0.15, 0.2) is 0 Å². The molecule has 2 saturated heterocycles. The van der Waals surface area contributed by atoms with Crippen LogP contribution in [0, 0.1) is 0 Å². The zero-order valence-corrected chi connectivity index (χ0v) is 15.4. The van der Waals surface area contributed by atoms with E-state index in [0.717, 1.165) is 56.5 Å². The maximum atomic E-state index is 5.46. The summed E-state index contributed by atoms with van der Waals surface area (Å²) in [7, 11) is 0. The quantitative estimate of drug-likeness (QED) is 0.891. The summed E-state index contributed by atoms with van der Waals surface area (Å²) in [5.74, 6) is 0.936. The van der Waals surface area contributed by atoms with Crippen molar-refractivity contribution in [2.24, 2.45) is 0 Å². The Balaban J connectivity index is 1.35. The van der Waals surface area contributed by atoms with Gasteiger partial charge in [0.25, 0.3) is 0 Å². The van der Waals surface area contributed by atoms with Crippen LogP contribution in [-0.4, -0.2) is 47.7 Å². The van der Waals surface area contributed by atoms with Crippen molar-refractivity contribution in [3.8, 4) is 0 Å². The van der Waals surface area contributed by atoms with E-state index in [4.69, 9.17) is 9.72 Å². The van der Waals surface area contributed by atoms with Crippen molar-refractivity contribution in [2.45, 2.75) is 44.2 Å². The van der Waals surface area contributed by atoms with E-state index in [1.165, 1.54) is 18.4 Å². The fourth-order valence-electron chi connectivity index (χ4n) is 3.71. The maximum absolute atomic E-state index is 5.46. The molecule has 2 fully saturated rings. The van der Waals surface area contributed by atoms with Gasteiger partial charge in [-0.25, -0.2) is 4.98 Å². The van der Waals surface area contributed by atoms with Crippen molar-refractivity contribution in [3.63, 3.8) is 0 Å². The second kappa shape index (κ2) is 8.25. The van der Waals surface area contributed by atoms with Crippen molar-refractivity contribution in [2.75, 3.05) is 31.2 Å². The molecule has 1 N–H and O–H groups in total. The summed E-state index contributed by atoms with van der Waals surface area (Å²) < 4.78 is 10.0. The largest absolute Gasteiger partial charge is 0.381 e. The molecule has 0 radical (unpaired) electrons. The molecular formula is C19H26N4OS. The van der Waals surface area contributed by atoms with E-state index in [2.05, 4.69) is 38.9 Å². The first-order valence-corrected chi connectivity index (χ1v) is 10.1. The summed E-state index contributed by atoms with van der Waals surface area (Å²) in [6, 6.07) is 11.6. The molecule has 25 heavy (non-hydrogen) atoms. The first-order chi connectivity index (χ1) is 12.4. The number of aromatic nitrogens is 2. The Morgan fingerprint density at radius 1 is 1.12 bits per heavy atom. The van der Waals surface area contributed by atoms with Crippen LogP contribution >= 0.6 is 11.5 Å². The van der Waals surface area contributed by atoms with Crippen molar-refractivity contribution < 1.29 is 4.74 Å². The van der Waals surface area contributed by atoms with Gasteiger partial charge in [0, 0.05) is 56.3 Å². The lowest BCUT2D eigenvalue weighted by atomic mass is 10.0. The second-order valence-electron chi connectivity index (χ2n) is 6.99. The number of nitrogens with zero attached hydrogens (tertiary/aromatic N) is 3. The van der Waals surface area contributed by atoms with E-state index in [9.17, 15) is 0 Å². The first kappa shape index (κ1) is 16.9. The Morgan fingerprint density at radius 2 is 1.96 bits per heavy atom. The summed E-state index contributed by atoms with van der Waals surface area (Å²) in [6.45, 7) is 3.92. The van der Waals surface area contributed by atoms with E-state index in [1.54, 1.807) is 11.5 Å². The third-order valence-corrected chi connectivity index (χ3v) is 5.86. The molecule has 0 aliphatic carbocycles. The molecule has 6 heteroatoms. The van der Waals surface area contributed by atoms with Crippen molar-refractivity contribution >= 4 is 16.7 Å². The topological polar surface area (TPSA) is 50.3 Å². The zero-order valence-electron chi connectivity index (χ0n) is 14.6. The summed E-state index contributed by atoms with van der Waals surface area (Å²) in [5.41, 5.74) is 1.27. The van der Waals surface area contributed by atoms with Gasteiger partial charge in [-0.1, -0.05) is 30.3 Å². The van der Waals surface area contributed by atoms with Crippen molar-refractivity contribution in [1.82, 2.24) is 14.7 Å². The maximum Gasteiger partial charge on any atom is 0.205 e. The van der Waals surface area contributed by atoms with E-state index < -0.39 is 0 Å². The number of anilines is 1. The highest BCUT2D eigenvalue weighted by Crippen LogP contribution is 2.23. The first-order valence-electron chi connectivity index (χ1n) is 9.32. The SMILES string of the molecule is c1ccc(Cc2nsc(N3CCCC(NC4CCOCC4)C3)n2)cc1. The van der Waals surface area contributed by atoms with Crippen LogP contribution < -0.4 is 10.2 Å². The number of hydrogen-bond acceptors (Lipinski definition) is 6. The fourth-order valence-corrected chi connectivity index (χ4v) is 4.43. The molecule has 134 valence electrons. The highest BCUT2D eigenvalue weighted by atomic mass is 32.1. The molecule has 2 aromatic rings. The fraction of sp³-hybridized carbons (Fsp3) is 0.579. The molecule has 0 bridgehead atoms. The zero-order chi connectivity index (χ0) is 16.9. The van der Waals surface area contributed by atoms with Gasteiger partial charge in [-0.05, 0) is 31.2 Å². The third kappa shape index (κ3) is 4.57. The second-order valence-corrected chi connectivity index (χ2v) is 7.72. The van der Waals surface area contributed by atoms with Gasteiger partial charge in [-0.3, -0.25) is 0 Å². The van der Waals surface area contributed by atoms with Crippen LogP contribution in [0.2, 0.25) is 0 Å². The molecule has 3 heterocycles. The lowest BCUT2D eigenvalue weighted by Gasteiger charge is -2.36. The summed E-state index contributed by atoms with van der Waals surface area (Å²) >= 11 is 1.54. The minimum atomic E-state index is 0.554. The summed E-state index contributed by atoms with van der Waals surface area (Å²) in [4.78, 5) is 7.21. The molecular weight excluding hydrogens is 332 g/mol. The number of ether oxygens (including phenoxy) is 1. The van der Waals surface area contributed by atoms with Crippen LogP contribution in [-0.2, 0) is 11.2 Å². The minimum Gasteiger partial charge on any atom is -0.381 e. The Kier molecular flexibility index (Phi) is 5.59. The van der Waals surface area contributed by atoms with Gasteiger partial charge in [-0.15, -0.1) is 0 Å². The molecule has 1 aromatic carbocycles. The smallest absolute Gasteiger partial charge is 0.205 e. The van der Waals surface area contributed by atoms with E-state index in [-0.39, 0.29) is 0 Å². The molecule has 2 aliphatic heterocycles. The molecule has 1 unspecified atom stereocenters. The lowest BCUT2D eigenvalue weighted by Crippen LogP contribution is -2.50. The number of rotatable bonds is 5. The lowest BCUT2D eigenvalue weighted by molar-refractivity contribution is 0.0742. The standard InChI is InChI=1S/C19H26N4OS/c1-2-5-15(6-3-1)13-18-21-19(25-22-18)23-10-4-7-17(14-23)20-16-8-11-24-12-9-16/h1-3,5-6,16-17,20H,4,7-14H2. The van der Waals surface area contributed by atoms with Crippen LogP contribution in [0.4, 0.5) is 5.13 Å². The average Bonchev–Trinajstić information content (AvgIpc) is 3.12. The van der Waals surface area contributed by atoms with Crippen LogP contribution in [0.25, 0.3) is 0 Å². The van der Waals surface area contributed by atoms with Crippen molar-refractivity contribution in [1.29, 1.82) is 0 Å². The van der Waals surface area contributed by atoms with Crippen LogP contribution in [0.1, 0.15) is 37.1 Å². The Hall–Kier alpha value is -1.50. The Bertz CT molecular complexity index is 656. The van der Waals surface area contributed by atoms with Gasteiger partial charge >= 0.3 is 0 Å². The predicted molar refractivity (Wildman–Crippen MR) is 101 cm³/mol. The number of benzene rings is 1. The van der Waals surface area contributed by atoms with E-state index in [1.807, 2.05) is 6.07 Å². The highest BCUT2D eigenvalue weighted by molar-refractivity contribution is 7.09. The molecule has 1 atom stereocenters. The molecule has 4 rings (SSSR count). The number of piperidine rings is 1. The van der Waals surface area contributed by atoms with Crippen LogP contribution in [0.3, 0.4) is 0 Å². The van der Waals surface area contributed by atoms with Crippen LogP contribution in [0.5, 0.6) is 0 Å². The van der Waals surface area contributed by atoms with Gasteiger partial charge in [0.05, 0.1) is 0 Å². The summed E-state index contributed by atoms with van der Waals surface area (Å²) in [5, 5.41) is 4.91. The van der Waals surface area contributed by atoms with Crippen molar-refractivity contribution in [3.05, 3.63) is 41.7 Å². The van der Waals surface area contributed by atoms with E-state index in [0.29, 0.717) is 12.1 Å². The van der Waals surface area contributed by atoms with Crippen LogP contribution in [0.15, 0.2) is 30.3 Å². The molecule has 5 nitrogen and oxygen atoms in total. The Morgan fingerprint density at radius 3 is 2.80 bits per heavy atom. The molecule has 0 spiro atoms. The molecule has 1 aromatic heterocycles. The van der Waals surface area contributed by atoms with Gasteiger partial charge in [-0.2, -0.15) is 4.37 Å². The number of hydrogen-bond donors (Lipinski definition) is 1. The monoisotopic (exact) mass is 358 g/mol. The predicted octanol–water partition coefficient (Wildman–Crippen LogP) is 2.87. The summed E-state index contributed by atoms with van der Waals surface area (Å²) in [6.07, 6.45) is 5.56. The average molecular weight is 359 g/mol. The normalized spacial score (nSPS) is 22.2. The minimum absolute atomic E-state index is 0.554.